The molecule has 2 fully saturated rings. The molecule has 2 aliphatic heterocycles. The summed E-state index contributed by atoms with van der Waals surface area (Å²) in [7, 11) is -11.6. The molecule has 0 aromatic carbocycles. The highest BCUT2D eigenvalue weighted by molar-refractivity contribution is 7.59. The average molecular weight is 1290 g/mol. The summed E-state index contributed by atoms with van der Waals surface area (Å²) in [4.78, 5) is 37.9. The molecular formula is C69H113NO17P2-2. The van der Waals surface area contributed by atoms with E-state index in [0.29, 0.717) is 12.8 Å². The van der Waals surface area contributed by atoms with E-state index in [2.05, 4.69) is 147 Å². The van der Waals surface area contributed by atoms with Gasteiger partial charge in [0.1, 0.15) is 48.8 Å². The van der Waals surface area contributed by atoms with E-state index in [1.165, 1.54) is 61.8 Å². The fourth-order valence-corrected chi connectivity index (χ4v) is 12.1. The maximum absolute atomic E-state index is 13.0. The number of hydrogen-bond acceptors (Lipinski definition) is 17. The molecule has 0 aromatic rings. The van der Waals surface area contributed by atoms with Gasteiger partial charge in [-0.05, 0) is 212 Å². The minimum atomic E-state index is -5.95. The number of allylic oxidation sites excluding steroid dienone is 21. The van der Waals surface area contributed by atoms with Crippen molar-refractivity contribution in [3.05, 3.63) is 128 Å². The number of hydrogen-bond donors (Lipinski definition) is 7. The minimum absolute atomic E-state index is 0.570. The summed E-state index contributed by atoms with van der Waals surface area (Å²) in [6.45, 7) is 24.7. The largest absolute Gasteiger partial charge is 0.756 e. The van der Waals surface area contributed by atoms with Crippen LogP contribution in [0.25, 0.3) is 0 Å². The molecule has 12 atom stereocenters. The van der Waals surface area contributed by atoms with Crippen molar-refractivity contribution < 1.29 is 81.9 Å². The number of aliphatic hydroxyl groups is 6. The first kappa shape index (κ1) is 81.6. The topological polar surface area (TPSA) is 286 Å². The van der Waals surface area contributed by atoms with E-state index in [1.54, 1.807) is 6.92 Å². The molecule has 89 heavy (non-hydrogen) atoms. The molecule has 18 nitrogen and oxygen atoms in total. The molecular weight excluding hydrogens is 1180 g/mol. The zero-order chi connectivity index (χ0) is 66.7. The van der Waals surface area contributed by atoms with Crippen LogP contribution >= 0.6 is 15.6 Å². The van der Waals surface area contributed by atoms with E-state index >= 15 is 0 Å². The smallest absolute Gasteiger partial charge is 0.276 e. The van der Waals surface area contributed by atoms with Crippen molar-refractivity contribution in [2.75, 3.05) is 19.8 Å². The predicted octanol–water partition coefficient (Wildman–Crippen LogP) is 13.0. The Bertz CT molecular complexity index is 2590. The van der Waals surface area contributed by atoms with Crippen LogP contribution in [0.3, 0.4) is 0 Å². The first-order valence-corrected chi connectivity index (χ1v) is 34.9. The Hall–Kier alpha value is -3.49. The van der Waals surface area contributed by atoms with Crippen molar-refractivity contribution in [2.24, 2.45) is 0 Å². The maximum atomic E-state index is 13.0. The molecule has 2 aliphatic rings. The normalized spacial score (nSPS) is 25.7. The molecule has 1 amide bonds. The summed E-state index contributed by atoms with van der Waals surface area (Å²) in [5.41, 5.74) is 15.0. The molecule has 0 saturated carbocycles. The lowest BCUT2D eigenvalue weighted by molar-refractivity contribution is -0.343. The molecule has 508 valence electrons. The Labute approximate surface area is 534 Å². The Morgan fingerprint density at radius 2 is 0.730 bits per heavy atom. The van der Waals surface area contributed by atoms with Gasteiger partial charge in [0.05, 0.1) is 19.8 Å². The first-order valence-electron chi connectivity index (χ1n) is 32.0. The SMILES string of the molecule is CC(=O)N[C@H]1[C@@H](OP(=O)([O-])OP(=O)([O-])OC/C=C(/C)CC/C=C(/C)CC/C=C(/C)CC/C=C(/C)CC/C=C(/C)CC/C=C(/C)CC/C=C(/C)CC/C=C(/C)CC/C=C(\C)CC/C=C(\C)CCC=C(C)C)O[C@H](CO)[C@@H](O)[C@@H]1O[C@@H]1O[C@H](CO)[C@@H](O)[C@H](O)[C@H]1O. The number of aliphatic hydroxyl groups excluding tert-OH is 6. The van der Waals surface area contributed by atoms with Crippen LogP contribution in [0.5, 0.6) is 0 Å². The van der Waals surface area contributed by atoms with Crippen LogP contribution in [-0.2, 0) is 41.5 Å². The van der Waals surface area contributed by atoms with Crippen molar-refractivity contribution in [1.82, 2.24) is 5.32 Å². The fourth-order valence-electron chi connectivity index (χ4n) is 10.1. The Balaban J connectivity index is 1.70. The Morgan fingerprint density at radius 3 is 1.04 bits per heavy atom. The van der Waals surface area contributed by atoms with Crippen LogP contribution in [0.1, 0.15) is 218 Å². The van der Waals surface area contributed by atoms with Crippen LogP contribution in [0.15, 0.2) is 128 Å². The van der Waals surface area contributed by atoms with E-state index in [1.807, 2.05) is 0 Å². The number of nitrogens with one attached hydrogen (secondary N) is 1. The van der Waals surface area contributed by atoms with E-state index in [9.17, 15) is 54.4 Å². The number of phosphoric acid groups is 2. The third-order valence-corrected chi connectivity index (χ3v) is 18.4. The summed E-state index contributed by atoms with van der Waals surface area (Å²) in [6.07, 6.45) is 29.0. The quantitative estimate of drug-likeness (QED) is 0.0221. The van der Waals surface area contributed by atoms with Gasteiger partial charge in [0, 0.05) is 6.92 Å². The zero-order valence-corrected chi connectivity index (χ0v) is 57.7. The first-order chi connectivity index (χ1) is 42.0. The summed E-state index contributed by atoms with van der Waals surface area (Å²) >= 11 is 0. The Kier molecular flexibility index (Phi) is 40.5. The number of phosphoric ester groups is 2. The molecule has 0 radical (unpaired) electrons. The highest BCUT2D eigenvalue weighted by Crippen LogP contribution is 2.57. The van der Waals surface area contributed by atoms with Gasteiger partial charge in [0.25, 0.3) is 15.6 Å². The second-order valence-corrected chi connectivity index (χ2v) is 27.7. The van der Waals surface area contributed by atoms with Gasteiger partial charge in [-0.3, -0.25) is 18.4 Å². The third kappa shape index (κ3) is 35.9. The number of carbonyl (C=O) groups excluding carboxylic acids is 1. The molecule has 0 bridgehead atoms. The van der Waals surface area contributed by atoms with Crippen molar-refractivity contribution in [3.63, 3.8) is 0 Å². The molecule has 2 rings (SSSR count). The minimum Gasteiger partial charge on any atom is -0.756 e. The van der Waals surface area contributed by atoms with Gasteiger partial charge < -0.3 is 64.5 Å². The lowest BCUT2D eigenvalue weighted by Crippen LogP contribution is -2.68. The third-order valence-electron chi connectivity index (χ3n) is 15.8. The molecule has 0 spiro atoms. The molecule has 2 saturated heterocycles. The zero-order valence-electron chi connectivity index (χ0n) is 56.0. The summed E-state index contributed by atoms with van der Waals surface area (Å²) in [5, 5.41) is 63.6. The highest BCUT2D eigenvalue weighted by Gasteiger charge is 2.52. The lowest BCUT2D eigenvalue weighted by Gasteiger charge is -2.48. The predicted molar refractivity (Wildman–Crippen MR) is 351 cm³/mol. The second kappa shape index (κ2) is 44.2. The van der Waals surface area contributed by atoms with E-state index in [-0.39, 0.29) is 0 Å². The van der Waals surface area contributed by atoms with Gasteiger partial charge in [-0.2, -0.15) is 0 Å². The van der Waals surface area contributed by atoms with E-state index in [0.717, 1.165) is 128 Å². The van der Waals surface area contributed by atoms with Crippen molar-refractivity contribution in [2.45, 2.75) is 280 Å². The summed E-state index contributed by atoms with van der Waals surface area (Å²) in [5.74, 6) is -0.853. The average Bonchev–Trinajstić information content (AvgIpc) is 1.01. The number of rotatable bonds is 42. The van der Waals surface area contributed by atoms with Crippen molar-refractivity contribution in [1.29, 1.82) is 0 Å². The number of amides is 1. The maximum Gasteiger partial charge on any atom is 0.276 e. The molecule has 0 aliphatic carbocycles. The highest BCUT2D eigenvalue weighted by atomic mass is 31.3. The van der Waals surface area contributed by atoms with Gasteiger partial charge in [-0.1, -0.05) is 128 Å². The monoisotopic (exact) mass is 1290 g/mol. The van der Waals surface area contributed by atoms with Gasteiger partial charge >= 0.3 is 0 Å². The van der Waals surface area contributed by atoms with Crippen LogP contribution in [0, 0.1) is 0 Å². The summed E-state index contributed by atoms with van der Waals surface area (Å²) < 4.78 is 55.9. The second-order valence-electron chi connectivity index (χ2n) is 24.8. The standard InChI is InChI=1S/C69H115NO17P2/c1-48(2)24-14-25-49(3)26-15-27-50(4)28-16-29-51(5)30-17-31-52(6)32-18-33-53(7)34-19-35-54(8)36-20-37-55(9)38-21-39-56(10)40-22-41-57(11)42-23-43-58(12)44-45-82-88(78,79)87-89(80,81)86-68-62(70-59(13)73)67(64(75)61(47-72)83-68)85-69-66(77)65(76)63(74)60(46-71)84-69/h24,26,28,30,32,34,36,38,40,42,44,60-69,71-72,74-77H,14-23,25,27,29,31,33,35,37,39,41,43,45-47H2,1-13H3,(H,70,73)(H,78,79)(H,80,81)/p-2/b49-26+,50-28+,51-30-,52-32-,53-34-,54-36-,55-38-,56-40-,57-42-,58-44-/t60-,61-,62-,63-,64-,65+,66-,67-,68-,69+/m1/s1. The molecule has 2 unspecified atom stereocenters. The molecule has 7 N–H and O–H groups in total. The number of ether oxygens (including phenoxy) is 3. The molecule has 2 heterocycles. The van der Waals surface area contributed by atoms with Crippen LogP contribution in [-0.4, -0.2) is 118 Å². The van der Waals surface area contributed by atoms with E-state index < -0.39 is 103 Å². The van der Waals surface area contributed by atoms with Crippen LogP contribution < -0.4 is 15.1 Å². The lowest BCUT2D eigenvalue weighted by atomic mass is 9.95. The molecule has 20 heteroatoms. The van der Waals surface area contributed by atoms with E-state index in [4.69, 9.17) is 23.3 Å². The van der Waals surface area contributed by atoms with Gasteiger partial charge in [0.2, 0.25) is 5.91 Å². The van der Waals surface area contributed by atoms with Gasteiger partial charge in [-0.15, -0.1) is 0 Å². The fraction of sp³-hybridized carbons (Fsp3) is 0.667. The van der Waals surface area contributed by atoms with Crippen molar-refractivity contribution in [3.8, 4) is 0 Å². The molecule has 0 aromatic heterocycles. The van der Waals surface area contributed by atoms with Crippen molar-refractivity contribution >= 4 is 21.6 Å². The number of carbonyl (C=O) groups is 1. The van der Waals surface area contributed by atoms with Crippen LogP contribution in [0.2, 0.25) is 0 Å². The Morgan fingerprint density at radius 1 is 0.427 bits per heavy atom. The van der Waals surface area contributed by atoms with Crippen LogP contribution in [0.4, 0.5) is 0 Å². The van der Waals surface area contributed by atoms with Gasteiger partial charge in [0.15, 0.2) is 12.6 Å². The van der Waals surface area contributed by atoms with Gasteiger partial charge in [-0.25, -0.2) is 4.31 Å². The summed E-state index contributed by atoms with van der Waals surface area (Å²) in [6, 6.07) is -1.82.